The first-order chi connectivity index (χ1) is 21.5. The van der Waals surface area contributed by atoms with Crippen molar-refractivity contribution in [1.82, 2.24) is 9.97 Å². The average Bonchev–Trinajstić information content (AvgIpc) is 2.98. The molecule has 5 aromatic rings. The number of ether oxygens (including phenoxy) is 1. The maximum atomic E-state index is 15.2. The summed E-state index contributed by atoms with van der Waals surface area (Å²) in [6.07, 6.45) is 2.90. The summed E-state index contributed by atoms with van der Waals surface area (Å²) < 4.78 is 107. The minimum atomic E-state index is -4.55. The van der Waals surface area contributed by atoms with Gasteiger partial charge in [-0.05, 0) is 65.9 Å². The first kappa shape index (κ1) is 32.0. The van der Waals surface area contributed by atoms with Gasteiger partial charge in [0.1, 0.15) is 40.4 Å². The monoisotopic (exact) mass is 644 g/mol. The van der Waals surface area contributed by atoms with E-state index >= 15 is 8.78 Å². The molecule has 0 saturated heterocycles. The molecule has 11 heteroatoms. The Hall–Kier alpha value is -4.44. The van der Waals surface area contributed by atoms with Gasteiger partial charge in [0.25, 0.3) is 0 Å². The van der Waals surface area contributed by atoms with E-state index in [2.05, 4.69) is 21.6 Å². The van der Waals surface area contributed by atoms with E-state index < -0.39 is 52.1 Å². The number of aromatic nitrogens is 2. The minimum absolute atomic E-state index is 0.0449. The van der Waals surface area contributed by atoms with Crippen molar-refractivity contribution in [1.29, 1.82) is 0 Å². The average molecular weight is 645 g/mol. The summed E-state index contributed by atoms with van der Waals surface area (Å²) in [5.41, 5.74) is -0.902. The number of unbranched alkanes of at least 4 members (excludes halogenated alkanes) is 2. The van der Waals surface area contributed by atoms with E-state index in [0.29, 0.717) is 29.6 Å². The fraction of sp³-hybridized carbons (Fsp3) is 0.176. The third-order valence-corrected chi connectivity index (χ3v) is 7.37. The molecule has 1 aromatic heterocycles. The lowest BCUT2D eigenvalue weighted by atomic mass is 9.97. The molecule has 3 nitrogen and oxygen atoms in total. The number of benzene rings is 4. The molecule has 0 atom stereocenters. The fourth-order valence-corrected chi connectivity index (χ4v) is 4.88. The van der Waals surface area contributed by atoms with Crippen LogP contribution in [-0.4, -0.2) is 9.97 Å². The molecule has 45 heavy (non-hydrogen) atoms. The third-order valence-electron chi connectivity index (χ3n) is 7.06. The van der Waals surface area contributed by atoms with Crippen molar-refractivity contribution in [2.75, 3.05) is 0 Å². The van der Waals surface area contributed by atoms with E-state index in [1.807, 2.05) is 0 Å². The van der Waals surface area contributed by atoms with Gasteiger partial charge in [-0.15, -0.1) is 0 Å². The van der Waals surface area contributed by atoms with Crippen molar-refractivity contribution >= 4 is 11.6 Å². The zero-order chi connectivity index (χ0) is 32.3. The Morgan fingerprint density at radius 2 is 1.24 bits per heavy atom. The smallest absolute Gasteiger partial charge is 0.429 e. The van der Waals surface area contributed by atoms with Gasteiger partial charge in [-0.1, -0.05) is 55.6 Å². The fourth-order valence-electron chi connectivity index (χ4n) is 4.76. The lowest BCUT2D eigenvalue weighted by Gasteiger charge is -2.20. The molecule has 0 fully saturated rings. The highest BCUT2D eigenvalue weighted by atomic mass is 35.5. The van der Waals surface area contributed by atoms with Crippen LogP contribution in [0.5, 0.6) is 5.75 Å². The maximum Gasteiger partial charge on any atom is 0.432 e. The van der Waals surface area contributed by atoms with Crippen LogP contribution in [0.4, 0.5) is 30.7 Å². The molecule has 0 bridgehead atoms. The maximum absolute atomic E-state index is 15.2. The van der Waals surface area contributed by atoms with Gasteiger partial charge in [0, 0.05) is 35.2 Å². The van der Waals surface area contributed by atoms with Gasteiger partial charge in [-0.3, -0.25) is 0 Å². The summed E-state index contributed by atoms with van der Waals surface area (Å²) in [7, 11) is 0. The highest BCUT2D eigenvalue weighted by Gasteiger charge is 2.41. The van der Waals surface area contributed by atoms with Crippen LogP contribution in [0.25, 0.3) is 33.6 Å². The van der Waals surface area contributed by atoms with E-state index in [9.17, 15) is 22.0 Å². The van der Waals surface area contributed by atoms with Crippen LogP contribution in [0.1, 0.15) is 37.3 Å². The Kier molecular flexibility index (Phi) is 9.43. The van der Waals surface area contributed by atoms with E-state index in [0.717, 1.165) is 55.5 Å². The zero-order valence-corrected chi connectivity index (χ0v) is 24.4. The SMILES string of the molecule is CCCCCc1cnc(-c2ccc(-c3ccc(-c4cc(F)c(C(F)(F)Oc5ccc(Cl)c(F)c5)c(F)c4)c(F)c3)c(F)c2)nc1. The Labute approximate surface area is 259 Å². The molecule has 0 aliphatic carbocycles. The van der Waals surface area contributed by atoms with Crippen LogP contribution >= 0.6 is 11.6 Å². The number of halogens is 8. The van der Waals surface area contributed by atoms with E-state index in [1.54, 1.807) is 18.5 Å². The summed E-state index contributed by atoms with van der Waals surface area (Å²) in [6.45, 7) is 2.11. The molecule has 0 spiro atoms. The predicted molar refractivity (Wildman–Crippen MR) is 157 cm³/mol. The van der Waals surface area contributed by atoms with Crippen molar-refractivity contribution < 1.29 is 35.5 Å². The summed E-state index contributed by atoms with van der Waals surface area (Å²) >= 11 is 5.52. The van der Waals surface area contributed by atoms with Gasteiger partial charge in [0.15, 0.2) is 5.82 Å². The van der Waals surface area contributed by atoms with Crippen LogP contribution in [0.15, 0.2) is 79.1 Å². The quantitative estimate of drug-likeness (QED) is 0.112. The molecule has 0 amide bonds. The molecule has 4 aromatic carbocycles. The molecule has 0 unspecified atom stereocenters. The van der Waals surface area contributed by atoms with Crippen LogP contribution in [0.3, 0.4) is 0 Å². The Morgan fingerprint density at radius 3 is 1.84 bits per heavy atom. The van der Waals surface area contributed by atoms with Gasteiger partial charge >= 0.3 is 6.11 Å². The first-order valence-corrected chi connectivity index (χ1v) is 14.3. The van der Waals surface area contributed by atoms with Crippen molar-refractivity contribution in [3.63, 3.8) is 0 Å². The van der Waals surface area contributed by atoms with E-state index in [-0.39, 0.29) is 21.7 Å². The van der Waals surface area contributed by atoms with Crippen molar-refractivity contribution in [3.8, 4) is 39.4 Å². The highest BCUT2D eigenvalue weighted by molar-refractivity contribution is 6.30. The van der Waals surface area contributed by atoms with E-state index in [4.69, 9.17) is 11.6 Å². The zero-order valence-electron chi connectivity index (χ0n) is 23.7. The van der Waals surface area contributed by atoms with Gasteiger partial charge in [0.05, 0.1) is 5.02 Å². The van der Waals surface area contributed by atoms with Crippen LogP contribution in [0.2, 0.25) is 5.02 Å². The normalized spacial score (nSPS) is 11.6. The van der Waals surface area contributed by atoms with Gasteiger partial charge in [-0.2, -0.15) is 8.78 Å². The van der Waals surface area contributed by atoms with Crippen LogP contribution < -0.4 is 4.74 Å². The summed E-state index contributed by atoms with van der Waals surface area (Å²) in [5.74, 6) is -6.60. The third kappa shape index (κ3) is 7.12. The second-order valence-electron chi connectivity index (χ2n) is 10.3. The van der Waals surface area contributed by atoms with Gasteiger partial charge in [0.2, 0.25) is 0 Å². The molecule has 0 radical (unpaired) electrons. The number of hydrogen-bond acceptors (Lipinski definition) is 3. The second kappa shape index (κ2) is 13.3. The van der Waals surface area contributed by atoms with Crippen LogP contribution in [0, 0.1) is 29.1 Å². The van der Waals surface area contributed by atoms with Crippen LogP contribution in [-0.2, 0) is 12.5 Å². The first-order valence-electron chi connectivity index (χ1n) is 13.9. The standard InChI is InChI=1S/C34H24ClF7N2O/c1-2-3-4-5-19-17-43-33(44-18-19)21-7-10-24(28(37)13-21)20-6-9-25(27(36)12-20)22-14-30(39)32(31(40)15-22)34(41,42)45-23-8-11-26(35)29(38)16-23/h6-18H,2-5H2,1H3. The molecular weight excluding hydrogens is 621 g/mol. The molecule has 232 valence electrons. The van der Waals surface area contributed by atoms with Crippen molar-refractivity contribution in [2.24, 2.45) is 0 Å². The molecular formula is C34H24ClF7N2O. The molecule has 0 N–H and O–H groups in total. The lowest BCUT2D eigenvalue weighted by Crippen LogP contribution is -2.25. The Bertz CT molecular complexity index is 1830. The second-order valence-corrected chi connectivity index (χ2v) is 10.7. The lowest BCUT2D eigenvalue weighted by molar-refractivity contribution is -0.189. The highest BCUT2D eigenvalue weighted by Crippen LogP contribution is 2.38. The molecule has 1 heterocycles. The van der Waals surface area contributed by atoms with Gasteiger partial charge < -0.3 is 4.74 Å². The number of hydrogen-bond donors (Lipinski definition) is 0. The molecule has 5 rings (SSSR count). The molecule has 0 aliphatic rings. The molecule has 0 aliphatic heterocycles. The van der Waals surface area contributed by atoms with Crippen molar-refractivity contribution in [2.45, 2.75) is 38.7 Å². The predicted octanol–water partition coefficient (Wildman–Crippen LogP) is 10.7. The number of alkyl halides is 2. The number of nitrogens with zero attached hydrogens (tertiary/aromatic N) is 2. The number of aryl methyl sites for hydroxylation is 1. The Balaban J connectivity index is 1.37. The van der Waals surface area contributed by atoms with Crippen molar-refractivity contribution in [3.05, 3.63) is 124 Å². The summed E-state index contributed by atoms with van der Waals surface area (Å²) in [4.78, 5) is 8.64. The summed E-state index contributed by atoms with van der Waals surface area (Å²) in [6, 6.07) is 11.1. The van der Waals surface area contributed by atoms with Gasteiger partial charge in [-0.25, -0.2) is 31.9 Å². The Morgan fingerprint density at radius 1 is 0.667 bits per heavy atom. The summed E-state index contributed by atoms with van der Waals surface area (Å²) in [5, 5.41) is -0.367. The molecule has 0 saturated carbocycles. The number of rotatable bonds is 10. The largest absolute Gasteiger partial charge is 0.432 e. The topological polar surface area (TPSA) is 35.0 Å². The van der Waals surface area contributed by atoms with E-state index in [1.165, 1.54) is 18.2 Å². The minimum Gasteiger partial charge on any atom is -0.429 e.